The van der Waals surface area contributed by atoms with Crippen LogP contribution in [0.3, 0.4) is 0 Å². The smallest absolute Gasteiger partial charge is 0.255 e. The Morgan fingerprint density at radius 2 is 1.70 bits per heavy atom. The van der Waals surface area contributed by atoms with Gasteiger partial charge in [0.15, 0.2) is 0 Å². The van der Waals surface area contributed by atoms with Crippen molar-refractivity contribution in [3.8, 4) is 11.5 Å². The van der Waals surface area contributed by atoms with Gasteiger partial charge in [-0.3, -0.25) is 4.79 Å². The first kappa shape index (κ1) is 21.8. The number of halogens is 2. The lowest BCUT2D eigenvalue weighted by Gasteiger charge is -2.14. The lowest BCUT2D eigenvalue weighted by Crippen LogP contribution is -2.23. The molecule has 0 heterocycles. The van der Waals surface area contributed by atoms with Gasteiger partial charge < -0.3 is 10.1 Å². The highest BCUT2D eigenvalue weighted by atomic mass is 35.5. The van der Waals surface area contributed by atoms with Gasteiger partial charge in [0.05, 0.1) is 5.02 Å². The summed E-state index contributed by atoms with van der Waals surface area (Å²) < 4.78 is 44.5. The van der Waals surface area contributed by atoms with Gasteiger partial charge in [-0.05, 0) is 54.6 Å². The molecule has 3 aromatic carbocycles. The number of hydrogen-bond acceptors (Lipinski definition) is 4. The molecule has 0 radical (unpaired) electrons. The van der Waals surface area contributed by atoms with E-state index in [4.69, 9.17) is 16.3 Å². The molecule has 1 N–H and O–H groups in total. The molecule has 3 rings (SSSR count). The summed E-state index contributed by atoms with van der Waals surface area (Å²) in [7, 11) is -1.04. The second-order valence-corrected chi connectivity index (χ2v) is 9.00. The summed E-state index contributed by atoms with van der Waals surface area (Å²) in [6, 6.07) is 16.2. The van der Waals surface area contributed by atoms with Crippen molar-refractivity contribution < 1.29 is 22.3 Å². The van der Waals surface area contributed by atoms with Crippen LogP contribution in [0.2, 0.25) is 5.02 Å². The van der Waals surface area contributed by atoms with Crippen LogP contribution in [0.4, 0.5) is 10.1 Å². The monoisotopic (exact) mass is 448 g/mol. The largest absolute Gasteiger partial charge is 0.457 e. The zero-order valence-corrected chi connectivity index (χ0v) is 17.7. The van der Waals surface area contributed by atoms with Crippen LogP contribution in [0.15, 0.2) is 71.6 Å². The van der Waals surface area contributed by atoms with Crippen molar-refractivity contribution in [2.45, 2.75) is 4.90 Å². The zero-order valence-electron chi connectivity index (χ0n) is 16.1. The summed E-state index contributed by atoms with van der Waals surface area (Å²) in [5.74, 6) is -0.0947. The molecule has 0 aliphatic heterocycles. The number of carbonyl (C=O) groups excluding carboxylic acids is 1. The van der Waals surface area contributed by atoms with Gasteiger partial charge in [-0.15, -0.1) is 0 Å². The summed E-state index contributed by atoms with van der Waals surface area (Å²) in [5, 5.41) is 2.71. The minimum absolute atomic E-state index is 0.0269. The Morgan fingerprint density at radius 1 is 1.00 bits per heavy atom. The summed E-state index contributed by atoms with van der Waals surface area (Å²) in [4.78, 5) is 12.4. The number of rotatable bonds is 6. The van der Waals surface area contributed by atoms with E-state index < -0.39 is 21.7 Å². The van der Waals surface area contributed by atoms with Crippen LogP contribution in [-0.2, 0) is 10.0 Å². The topological polar surface area (TPSA) is 75.7 Å². The summed E-state index contributed by atoms with van der Waals surface area (Å²) in [6.07, 6.45) is 0. The molecule has 0 saturated carbocycles. The molecule has 30 heavy (non-hydrogen) atoms. The Bertz CT molecular complexity index is 1180. The third-order valence-corrected chi connectivity index (χ3v) is 6.39. The maximum atomic E-state index is 13.2. The molecule has 1 amide bonds. The molecule has 6 nitrogen and oxygen atoms in total. The van der Waals surface area contributed by atoms with E-state index in [1.165, 1.54) is 50.5 Å². The van der Waals surface area contributed by atoms with Gasteiger partial charge in [0.25, 0.3) is 5.91 Å². The molecule has 0 atom stereocenters. The Kier molecular flexibility index (Phi) is 6.40. The molecule has 0 bridgehead atoms. The van der Waals surface area contributed by atoms with E-state index in [9.17, 15) is 17.6 Å². The molecule has 0 saturated heterocycles. The predicted octanol–water partition coefficient (Wildman–Crippen LogP) is 4.77. The van der Waals surface area contributed by atoms with Crippen LogP contribution < -0.4 is 10.1 Å². The Balaban J connectivity index is 1.75. The van der Waals surface area contributed by atoms with E-state index in [1.54, 1.807) is 30.3 Å². The van der Waals surface area contributed by atoms with Crippen molar-refractivity contribution in [2.75, 3.05) is 19.4 Å². The van der Waals surface area contributed by atoms with E-state index in [2.05, 4.69) is 5.32 Å². The number of hydrogen-bond donors (Lipinski definition) is 1. The van der Waals surface area contributed by atoms with Crippen LogP contribution in [0.25, 0.3) is 0 Å². The van der Waals surface area contributed by atoms with Crippen molar-refractivity contribution in [3.05, 3.63) is 83.1 Å². The van der Waals surface area contributed by atoms with Gasteiger partial charge >= 0.3 is 0 Å². The highest BCUT2D eigenvalue weighted by Gasteiger charge is 2.22. The number of ether oxygens (including phenoxy) is 1. The fraction of sp³-hybridized carbons (Fsp3) is 0.0952. The molecular formula is C21H18ClFN2O4S. The van der Waals surface area contributed by atoms with Crippen LogP contribution in [0, 0.1) is 5.82 Å². The number of carbonyl (C=O) groups is 1. The van der Waals surface area contributed by atoms with Crippen LogP contribution in [0.5, 0.6) is 11.5 Å². The molecule has 3 aromatic rings. The lowest BCUT2D eigenvalue weighted by molar-refractivity contribution is 0.102. The summed E-state index contributed by atoms with van der Waals surface area (Å²) >= 11 is 6.01. The third-order valence-electron chi connectivity index (χ3n) is 4.10. The quantitative estimate of drug-likeness (QED) is 0.589. The predicted molar refractivity (Wildman–Crippen MR) is 113 cm³/mol. The van der Waals surface area contributed by atoms with Crippen molar-refractivity contribution in [1.82, 2.24) is 4.31 Å². The van der Waals surface area contributed by atoms with Crippen LogP contribution >= 0.6 is 11.6 Å². The number of anilines is 1. The molecule has 0 unspecified atom stereocenters. The molecule has 0 aliphatic rings. The second kappa shape index (κ2) is 8.83. The van der Waals surface area contributed by atoms with E-state index in [0.717, 1.165) is 4.31 Å². The SMILES string of the molecule is CN(C)S(=O)(=O)c1cc(C(=O)Nc2ccc(Oc3cccc(F)c3)cc2)ccc1Cl. The fourth-order valence-corrected chi connectivity index (χ4v) is 3.91. The van der Waals surface area contributed by atoms with Crippen LogP contribution in [-0.4, -0.2) is 32.7 Å². The zero-order chi connectivity index (χ0) is 21.9. The highest BCUT2D eigenvalue weighted by molar-refractivity contribution is 7.89. The standard InChI is InChI=1S/C21H18ClFN2O4S/c1-25(2)30(27,28)20-12-14(6-11-19(20)22)21(26)24-16-7-9-17(10-8-16)29-18-5-3-4-15(23)13-18/h3-13H,1-2H3,(H,24,26). The Morgan fingerprint density at radius 3 is 2.33 bits per heavy atom. The van der Waals surface area contributed by atoms with Gasteiger partial charge in [-0.25, -0.2) is 17.1 Å². The van der Waals surface area contributed by atoms with Gasteiger partial charge in [-0.1, -0.05) is 17.7 Å². The van der Waals surface area contributed by atoms with Gasteiger partial charge in [0.2, 0.25) is 10.0 Å². The average Bonchev–Trinajstić information content (AvgIpc) is 2.69. The van der Waals surface area contributed by atoms with E-state index >= 15 is 0 Å². The first-order valence-corrected chi connectivity index (χ1v) is 10.6. The van der Waals surface area contributed by atoms with Crippen molar-refractivity contribution >= 4 is 33.2 Å². The normalized spacial score (nSPS) is 11.4. The molecule has 156 valence electrons. The molecular weight excluding hydrogens is 431 g/mol. The number of benzene rings is 3. The lowest BCUT2D eigenvalue weighted by atomic mass is 10.2. The molecule has 0 aliphatic carbocycles. The molecule has 0 aromatic heterocycles. The van der Waals surface area contributed by atoms with Gasteiger partial charge in [0.1, 0.15) is 22.2 Å². The average molecular weight is 449 g/mol. The summed E-state index contributed by atoms with van der Waals surface area (Å²) in [6.45, 7) is 0. The van der Waals surface area contributed by atoms with Crippen LogP contribution in [0.1, 0.15) is 10.4 Å². The second-order valence-electron chi connectivity index (χ2n) is 6.47. The highest BCUT2D eigenvalue weighted by Crippen LogP contribution is 2.26. The first-order valence-electron chi connectivity index (χ1n) is 8.74. The number of amides is 1. The van der Waals surface area contributed by atoms with E-state index in [1.807, 2.05) is 0 Å². The minimum atomic E-state index is -3.80. The molecule has 0 spiro atoms. The van der Waals surface area contributed by atoms with Crippen molar-refractivity contribution in [1.29, 1.82) is 0 Å². The number of nitrogens with zero attached hydrogens (tertiary/aromatic N) is 1. The molecule has 9 heteroatoms. The van der Waals surface area contributed by atoms with Gasteiger partial charge in [-0.2, -0.15) is 0 Å². The Hall–Kier alpha value is -2.94. The number of sulfonamides is 1. The van der Waals surface area contributed by atoms with Crippen molar-refractivity contribution in [2.24, 2.45) is 0 Å². The minimum Gasteiger partial charge on any atom is -0.457 e. The third kappa shape index (κ3) is 4.96. The maximum absolute atomic E-state index is 13.2. The number of nitrogens with one attached hydrogen (secondary N) is 1. The maximum Gasteiger partial charge on any atom is 0.255 e. The molecule has 0 fully saturated rings. The summed E-state index contributed by atoms with van der Waals surface area (Å²) in [5.41, 5.74) is 0.610. The van der Waals surface area contributed by atoms with E-state index in [0.29, 0.717) is 17.2 Å². The Labute approximate surface area is 178 Å². The van der Waals surface area contributed by atoms with Crippen molar-refractivity contribution in [3.63, 3.8) is 0 Å². The van der Waals surface area contributed by atoms with Gasteiger partial charge in [0, 0.05) is 31.4 Å². The van der Waals surface area contributed by atoms with E-state index in [-0.39, 0.29) is 15.5 Å². The fourth-order valence-electron chi connectivity index (χ4n) is 2.52. The first-order chi connectivity index (χ1) is 14.2.